The van der Waals surface area contributed by atoms with E-state index < -0.39 is 0 Å². The van der Waals surface area contributed by atoms with Gasteiger partial charge in [-0.3, -0.25) is 4.84 Å². The molecule has 0 aliphatic heterocycles. The molecular weight excluding hydrogens is 198 g/mol. The number of hydrogen-bond donors (Lipinski definition) is 0. The Morgan fingerprint density at radius 2 is 1.88 bits per heavy atom. The normalized spacial score (nSPS) is 11.4. The highest BCUT2D eigenvalue weighted by Gasteiger charge is 2.21. The van der Waals surface area contributed by atoms with Crippen molar-refractivity contribution in [2.75, 3.05) is 6.54 Å². The quantitative estimate of drug-likeness (QED) is 0.568. The second-order valence-electron chi connectivity index (χ2n) is 4.67. The van der Waals surface area contributed by atoms with E-state index in [-0.39, 0.29) is 5.54 Å². The molecule has 0 saturated carbocycles. The van der Waals surface area contributed by atoms with E-state index >= 15 is 0 Å². The number of hydroxylamine groups is 2. The zero-order valence-electron chi connectivity index (χ0n) is 10.2. The first kappa shape index (κ1) is 12.8. The molecule has 0 N–H and O–H groups in total. The minimum absolute atomic E-state index is 0.0822. The van der Waals surface area contributed by atoms with Crippen LogP contribution in [0.3, 0.4) is 0 Å². The first-order chi connectivity index (χ1) is 7.54. The van der Waals surface area contributed by atoms with Gasteiger partial charge in [-0.25, -0.2) is 0 Å². The van der Waals surface area contributed by atoms with Crippen molar-refractivity contribution >= 4 is 0 Å². The fourth-order valence-electron chi connectivity index (χ4n) is 1.29. The Balaban J connectivity index is 2.55. The number of rotatable bonds is 4. The molecule has 16 heavy (non-hydrogen) atoms. The van der Waals surface area contributed by atoms with E-state index in [1.165, 1.54) is 0 Å². The van der Waals surface area contributed by atoms with Crippen LogP contribution in [0.15, 0.2) is 30.3 Å². The third-order valence-corrected chi connectivity index (χ3v) is 2.21. The molecular formula is C14H19NO. The number of hydrogen-bond acceptors (Lipinski definition) is 2. The molecule has 1 aromatic carbocycles. The Bertz CT molecular complexity index is 345. The van der Waals surface area contributed by atoms with Gasteiger partial charge < -0.3 is 0 Å². The summed E-state index contributed by atoms with van der Waals surface area (Å²) in [6.45, 7) is 7.29. The van der Waals surface area contributed by atoms with Crippen LogP contribution in [0.25, 0.3) is 0 Å². The summed E-state index contributed by atoms with van der Waals surface area (Å²) in [5.41, 5.74) is 1.06. The van der Waals surface area contributed by atoms with E-state index in [1.54, 1.807) is 0 Å². The highest BCUT2D eigenvalue weighted by molar-refractivity contribution is 5.13. The highest BCUT2D eigenvalue weighted by atomic mass is 16.7. The van der Waals surface area contributed by atoms with Crippen molar-refractivity contribution in [1.82, 2.24) is 5.06 Å². The summed E-state index contributed by atoms with van der Waals surface area (Å²) in [7, 11) is 0. The predicted octanol–water partition coefficient (Wildman–Crippen LogP) is 2.85. The Hall–Kier alpha value is -1.30. The molecule has 0 aliphatic rings. The Morgan fingerprint density at radius 3 is 2.38 bits per heavy atom. The fourth-order valence-corrected chi connectivity index (χ4v) is 1.29. The molecule has 0 fully saturated rings. The average Bonchev–Trinajstić information content (AvgIpc) is 2.24. The van der Waals surface area contributed by atoms with Crippen molar-refractivity contribution < 1.29 is 4.84 Å². The van der Waals surface area contributed by atoms with Crippen LogP contribution in [-0.2, 0) is 11.4 Å². The van der Waals surface area contributed by atoms with Gasteiger partial charge in [0.25, 0.3) is 0 Å². The van der Waals surface area contributed by atoms with E-state index in [4.69, 9.17) is 11.3 Å². The van der Waals surface area contributed by atoms with E-state index in [1.807, 2.05) is 35.4 Å². The highest BCUT2D eigenvalue weighted by Crippen LogP contribution is 2.14. The van der Waals surface area contributed by atoms with Crippen molar-refractivity contribution in [1.29, 1.82) is 0 Å². The molecule has 1 rings (SSSR count). The van der Waals surface area contributed by atoms with E-state index in [2.05, 4.69) is 26.7 Å². The standard InChI is InChI=1S/C14H19NO/c1-5-11-15(14(2,3)4)16-12-13-9-7-6-8-10-13/h1,6-10H,11-12H2,2-4H3. The largest absolute Gasteiger partial charge is 0.293 e. The van der Waals surface area contributed by atoms with Crippen LogP contribution in [0.5, 0.6) is 0 Å². The third-order valence-electron chi connectivity index (χ3n) is 2.21. The Kier molecular flexibility index (Phi) is 4.54. The molecule has 0 heterocycles. The SMILES string of the molecule is C#CCN(OCc1ccccc1)C(C)(C)C. The van der Waals surface area contributed by atoms with Crippen molar-refractivity contribution in [3.8, 4) is 12.3 Å². The summed E-state index contributed by atoms with van der Waals surface area (Å²) in [5.74, 6) is 2.61. The summed E-state index contributed by atoms with van der Waals surface area (Å²) in [5, 5.41) is 1.83. The van der Waals surface area contributed by atoms with Crippen molar-refractivity contribution in [2.45, 2.75) is 32.9 Å². The minimum Gasteiger partial charge on any atom is -0.293 e. The van der Waals surface area contributed by atoms with Crippen LogP contribution in [0.2, 0.25) is 0 Å². The van der Waals surface area contributed by atoms with Crippen LogP contribution in [-0.4, -0.2) is 17.1 Å². The first-order valence-electron chi connectivity index (χ1n) is 5.42. The molecule has 1 aromatic rings. The molecule has 0 aliphatic carbocycles. The van der Waals surface area contributed by atoms with E-state index in [9.17, 15) is 0 Å². The predicted molar refractivity (Wildman–Crippen MR) is 66.5 cm³/mol. The molecule has 2 nitrogen and oxygen atoms in total. The summed E-state index contributed by atoms with van der Waals surface area (Å²) in [4.78, 5) is 5.72. The van der Waals surface area contributed by atoms with Gasteiger partial charge in [-0.2, -0.15) is 5.06 Å². The fraction of sp³-hybridized carbons (Fsp3) is 0.429. The van der Waals surface area contributed by atoms with Crippen molar-refractivity contribution in [3.05, 3.63) is 35.9 Å². The van der Waals surface area contributed by atoms with Crippen LogP contribution < -0.4 is 0 Å². The third kappa shape index (κ3) is 4.06. The Morgan fingerprint density at radius 1 is 1.25 bits per heavy atom. The van der Waals surface area contributed by atoms with Gasteiger partial charge in [-0.15, -0.1) is 6.42 Å². The maximum absolute atomic E-state index is 5.72. The van der Waals surface area contributed by atoms with Crippen LogP contribution in [0.4, 0.5) is 0 Å². The lowest BCUT2D eigenvalue weighted by atomic mass is 10.1. The molecule has 86 valence electrons. The smallest absolute Gasteiger partial charge is 0.0936 e. The molecule has 0 unspecified atom stereocenters. The molecule has 0 radical (unpaired) electrons. The summed E-state index contributed by atoms with van der Waals surface area (Å²) in [6, 6.07) is 10.1. The van der Waals surface area contributed by atoms with Gasteiger partial charge in [0.05, 0.1) is 13.2 Å². The van der Waals surface area contributed by atoms with Crippen molar-refractivity contribution in [2.24, 2.45) is 0 Å². The maximum atomic E-state index is 5.72. The maximum Gasteiger partial charge on any atom is 0.0936 e. The van der Waals surface area contributed by atoms with Crippen molar-refractivity contribution in [3.63, 3.8) is 0 Å². The van der Waals surface area contributed by atoms with Crippen LogP contribution in [0, 0.1) is 12.3 Å². The van der Waals surface area contributed by atoms with Gasteiger partial charge in [-0.1, -0.05) is 36.3 Å². The van der Waals surface area contributed by atoms with E-state index in [0.717, 1.165) is 5.56 Å². The minimum atomic E-state index is -0.0822. The van der Waals surface area contributed by atoms with Gasteiger partial charge in [-0.05, 0) is 26.3 Å². The number of benzene rings is 1. The van der Waals surface area contributed by atoms with Crippen LogP contribution >= 0.6 is 0 Å². The van der Waals surface area contributed by atoms with Crippen LogP contribution in [0.1, 0.15) is 26.3 Å². The molecule has 0 amide bonds. The first-order valence-corrected chi connectivity index (χ1v) is 5.42. The van der Waals surface area contributed by atoms with Gasteiger partial charge >= 0.3 is 0 Å². The lowest BCUT2D eigenvalue weighted by Crippen LogP contribution is -2.41. The molecule has 0 bridgehead atoms. The molecule has 0 saturated heterocycles. The second-order valence-corrected chi connectivity index (χ2v) is 4.67. The topological polar surface area (TPSA) is 12.5 Å². The average molecular weight is 217 g/mol. The summed E-state index contributed by atoms with van der Waals surface area (Å²) < 4.78 is 0. The number of nitrogens with zero attached hydrogens (tertiary/aromatic N) is 1. The summed E-state index contributed by atoms with van der Waals surface area (Å²) >= 11 is 0. The lowest BCUT2D eigenvalue weighted by Gasteiger charge is -2.32. The lowest BCUT2D eigenvalue weighted by molar-refractivity contribution is -0.210. The monoisotopic (exact) mass is 217 g/mol. The molecule has 0 spiro atoms. The van der Waals surface area contributed by atoms with Gasteiger partial charge in [0.15, 0.2) is 0 Å². The summed E-state index contributed by atoms with van der Waals surface area (Å²) in [6.07, 6.45) is 5.32. The second kappa shape index (κ2) is 5.69. The van der Waals surface area contributed by atoms with Gasteiger partial charge in [0.2, 0.25) is 0 Å². The van der Waals surface area contributed by atoms with Gasteiger partial charge in [0.1, 0.15) is 0 Å². The molecule has 0 aromatic heterocycles. The molecule has 0 atom stereocenters. The Labute approximate surface area is 98.2 Å². The number of terminal acetylenes is 1. The zero-order chi connectivity index (χ0) is 12.0. The molecule has 2 heteroatoms. The van der Waals surface area contributed by atoms with E-state index in [0.29, 0.717) is 13.2 Å². The van der Waals surface area contributed by atoms with Gasteiger partial charge in [0, 0.05) is 5.54 Å². The zero-order valence-corrected chi connectivity index (χ0v) is 10.2.